The second kappa shape index (κ2) is 3.30. The highest BCUT2D eigenvalue weighted by Crippen LogP contribution is 2.21. The van der Waals surface area contributed by atoms with Crippen LogP contribution in [0.15, 0.2) is 35.1 Å². The van der Waals surface area contributed by atoms with E-state index in [1.165, 1.54) is 0 Å². The van der Waals surface area contributed by atoms with Crippen molar-refractivity contribution in [3.8, 4) is 5.69 Å². The molecule has 0 radical (unpaired) electrons. The molecule has 0 aliphatic heterocycles. The van der Waals surface area contributed by atoms with Crippen LogP contribution in [-0.4, -0.2) is 15.0 Å². The summed E-state index contributed by atoms with van der Waals surface area (Å²) in [5.74, 6) is 0. The van der Waals surface area contributed by atoms with Crippen molar-refractivity contribution in [1.29, 1.82) is 0 Å². The first-order valence-electron chi connectivity index (χ1n) is 3.91. The van der Waals surface area contributed by atoms with Gasteiger partial charge >= 0.3 is 0 Å². The molecule has 0 bridgehead atoms. The summed E-state index contributed by atoms with van der Waals surface area (Å²) >= 11 is 3.47. The summed E-state index contributed by atoms with van der Waals surface area (Å²) in [6.45, 7) is 2.04. The molecule has 2 aromatic rings. The minimum absolute atomic E-state index is 1.05. The summed E-state index contributed by atoms with van der Waals surface area (Å²) < 4.78 is 2.83. The lowest BCUT2D eigenvalue weighted by Crippen LogP contribution is -1.98. The fourth-order valence-corrected chi connectivity index (χ4v) is 1.54. The Bertz CT molecular complexity index is 409. The van der Waals surface area contributed by atoms with Gasteiger partial charge in [0.15, 0.2) is 0 Å². The molecule has 0 aliphatic rings. The van der Waals surface area contributed by atoms with Crippen LogP contribution in [0.2, 0.25) is 0 Å². The summed E-state index contributed by atoms with van der Waals surface area (Å²) in [7, 11) is 0. The van der Waals surface area contributed by atoms with Gasteiger partial charge < -0.3 is 0 Å². The second-order valence-corrected chi connectivity index (χ2v) is 3.59. The van der Waals surface area contributed by atoms with E-state index in [1.807, 2.05) is 31.3 Å². The van der Waals surface area contributed by atoms with E-state index >= 15 is 0 Å². The van der Waals surface area contributed by atoms with Gasteiger partial charge in [-0.15, -0.1) is 5.10 Å². The quantitative estimate of drug-likeness (QED) is 0.763. The van der Waals surface area contributed by atoms with Crippen molar-refractivity contribution in [2.75, 3.05) is 0 Å². The predicted octanol–water partition coefficient (Wildman–Crippen LogP) is 2.34. The zero-order valence-corrected chi connectivity index (χ0v) is 8.69. The molecule has 0 N–H and O–H groups in total. The van der Waals surface area contributed by atoms with Crippen LogP contribution >= 0.6 is 15.9 Å². The van der Waals surface area contributed by atoms with Gasteiger partial charge in [0.1, 0.15) is 0 Å². The number of nitrogens with zero attached hydrogens (tertiary/aromatic N) is 3. The number of hydrogen-bond donors (Lipinski definition) is 0. The number of halogens is 1. The van der Waals surface area contributed by atoms with E-state index in [0.717, 1.165) is 15.7 Å². The molecular weight excluding hydrogens is 230 g/mol. The second-order valence-electron chi connectivity index (χ2n) is 2.73. The molecule has 2 rings (SSSR count). The molecule has 0 aliphatic carbocycles. The largest absolute Gasteiger partial charge is 0.220 e. The van der Waals surface area contributed by atoms with Crippen LogP contribution in [0.25, 0.3) is 5.69 Å². The van der Waals surface area contributed by atoms with Crippen molar-refractivity contribution in [1.82, 2.24) is 15.0 Å². The van der Waals surface area contributed by atoms with E-state index in [-0.39, 0.29) is 0 Å². The third-order valence-corrected chi connectivity index (χ3v) is 2.77. The van der Waals surface area contributed by atoms with Crippen molar-refractivity contribution < 1.29 is 0 Å². The monoisotopic (exact) mass is 237 g/mol. The molecule has 3 nitrogen and oxygen atoms in total. The fourth-order valence-electron chi connectivity index (χ4n) is 1.18. The van der Waals surface area contributed by atoms with Crippen LogP contribution in [0.3, 0.4) is 0 Å². The van der Waals surface area contributed by atoms with Crippen molar-refractivity contribution >= 4 is 15.9 Å². The predicted molar refractivity (Wildman–Crippen MR) is 53.8 cm³/mol. The summed E-state index contributed by atoms with van der Waals surface area (Å²) in [5, 5.41) is 7.70. The van der Waals surface area contributed by atoms with E-state index in [1.54, 1.807) is 10.9 Å². The first kappa shape index (κ1) is 8.44. The topological polar surface area (TPSA) is 30.7 Å². The number of hydrogen-bond acceptors (Lipinski definition) is 2. The first-order valence-corrected chi connectivity index (χ1v) is 4.70. The van der Waals surface area contributed by atoms with E-state index in [4.69, 9.17) is 0 Å². The van der Waals surface area contributed by atoms with Gasteiger partial charge in [-0.25, -0.2) is 4.68 Å². The summed E-state index contributed by atoms with van der Waals surface area (Å²) in [6, 6.07) is 6.00. The van der Waals surface area contributed by atoms with Gasteiger partial charge in [0.05, 0.1) is 18.1 Å². The first-order chi connectivity index (χ1) is 6.29. The van der Waals surface area contributed by atoms with Crippen LogP contribution < -0.4 is 0 Å². The molecule has 1 aromatic heterocycles. The number of benzene rings is 1. The van der Waals surface area contributed by atoms with E-state index in [0.29, 0.717) is 0 Å². The highest BCUT2D eigenvalue weighted by atomic mass is 79.9. The molecular formula is C9H8BrN3. The third-order valence-electron chi connectivity index (χ3n) is 1.91. The van der Waals surface area contributed by atoms with Crippen molar-refractivity contribution in [3.05, 3.63) is 40.6 Å². The van der Waals surface area contributed by atoms with Crippen molar-refractivity contribution in [2.45, 2.75) is 6.92 Å². The van der Waals surface area contributed by atoms with Gasteiger partial charge in [-0.05, 0) is 24.6 Å². The van der Waals surface area contributed by atoms with Crippen molar-refractivity contribution in [2.24, 2.45) is 0 Å². The molecule has 13 heavy (non-hydrogen) atoms. The number of rotatable bonds is 1. The minimum atomic E-state index is 1.05. The van der Waals surface area contributed by atoms with Crippen LogP contribution in [0.1, 0.15) is 5.56 Å². The molecule has 0 unspecified atom stereocenters. The maximum atomic E-state index is 3.93. The number of aromatic nitrogens is 3. The Morgan fingerprint density at radius 3 is 2.92 bits per heavy atom. The molecule has 0 amide bonds. The Balaban J connectivity index is 2.59. The Hall–Kier alpha value is -1.16. The summed E-state index contributed by atoms with van der Waals surface area (Å²) in [6.07, 6.45) is 3.50. The SMILES string of the molecule is Cc1c(Br)cccc1-n1ccnn1. The zero-order valence-electron chi connectivity index (χ0n) is 7.11. The van der Waals surface area contributed by atoms with Gasteiger partial charge in [0, 0.05) is 4.47 Å². The van der Waals surface area contributed by atoms with Gasteiger partial charge in [0.2, 0.25) is 0 Å². The van der Waals surface area contributed by atoms with Gasteiger partial charge in [-0.1, -0.05) is 27.2 Å². The van der Waals surface area contributed by atoms with Crippen molar-refractivity contribution in [3.63, 3.8) is 0 Å². The van der Waals surface area contributed by atoms with Crippen LogP contribution in [0, 0.1) is 6.92 Å². The molecule has 1 aromatic carbocycles. The lowest BCUT2D eigenvalue weighted by molar-refractivity contribution is 0.798. The molecule has 0 fully saturated rings. The highest BCUT2D eigenvalue weighted by Gasteiger charge is 2.03. The average Bonchev–Trinajstić information content (AvgIpc) is 2.62. The van der Waals surface area contributed by atoms with Gasteiger partial charge in [-0.3, -0.25) is 0 Å². The summed E-state index contributed by atoms with van der Waals surface area (Å²) in [4.78, 5) is 0. The zero-order chi connectivity index (χ0) is 9.26. The Morgan fingerprint density at radius 1 is 1.38 bits per heavy atom. The van der Waals surface area contributed by atoms with Gasteiger partial charge in [0.25, 0.3) is 0 Å². The normalized spacial score (nSPS) is 10.3. The lowest BCUT2D eigenvalue weighted by atomic mass is 10.2. The maximum Gasteiger partial charge on any atom is 0.0703 e. The van der Waals surface area contributed by atoms with Gasteiger partial charge in [-0.2, -0.15) is 0 Å². The maximum absolute atomic E-state index is 3.93. The summed E-state index contributed by atoms with van der Waals surface area (Å²) in [5.41, 5.74) is 2.21. The van der Waals surface area contributed by atoms with E-state index < -0.39 is 0 Å². The molecule has 0 atom stereocenters. The fraction of sp³-hybridized carbons (Fsp3) is 0.111. The molecule has 0 spiro atoms. The Kier molecular flexibility index (Phi) is 2.14. The van der Waals surface area contributed by atoms with E-state index in [2.05, 4.69) is 26.2 Å². The Morgan fingerprint density at radius 2 is 2.23 bits per heavy atom. The molecule has 0 saturated heterocycles. The van der Waals surface area contributed by atoms with Crippen LogP contribution in [-0.2, 0) is 0 Å². The standard InChI is InChI=1S/C9H8BrN3/c1-7-8(10)3-2-4-9(7)13-6-5-11-12-13/h2-6H,1H3. The smallest absolute Gasteiger partial charge is 0.0703 e. The average molecular weight is 238 g/mol. The molecule has 66 valence electrons. The molecule has 1 heterocycles. The van der Waals surface area contributed by atoms with Crippen LogP contribution in [0.5, 0.6) is 0 Å². The van der Waals surface area contributed by atoms with Crippen LogP contribution in [0.4, 0.5) is 0 Å². The van der Waals surface area contributed by atoms with E-state index in [9.17, 15) is 0 Å². The minimum Gasteiger partial charge on any atom is -0.220 e. The molecule has 4 heteroatoms. The molecule has 0 saturated carbocycles. The Labute approximate surface area is 84.5 Å². The third kappa shape index (κ3) is 1.49. The lowest BCUT2D eigenvalue weighted by Gasteiger charge is -2.05. The highest BCUT2D eigenvalue weighted by molar-refractivity contribution is 9.10.